The molecule has 3 rings (SSSR count). The van der Waals surface area contributed by atoms with Gasteiger partial charge in [-0.1, -0.05) is 6.07 Å². The van der Waals surface area contributed by atoms with Crippen molar-refractivity contribution < 1.29 is 8.78 Å². The second-order valence-corrected chi connectivity index (χ2v) is 6.55. The van der Waals surface area contributed by atoms with Gasteiger partial charge in [0, 0.05) is 16.7 Å². The number of nitrogens with one attached hydrogen (secondary N) is 1. The Morgan fingerprint density at radius 1 is 1.42 bits per heavy atom. The molecular weight excluding hydrogens is 354 g/mol. The lowest BCUT2D eigenvalue weighted by Gasteiger charge is -2.04. The number of nitriles is 1. The van der Waals surface area contributed by atoms with Crippen molar-refractivity contribution in [1.82, 2.24) is 14.6 Å². The molecule has 0 saturated heterocycles. The van der Waals surface area contributed by atoms with E-state index in [0.29, 0.717) is 10.7 Å². The Kier molecular flexibility index (Phi) is 4.59. The summed E-state index contributed by atoms with van der Waals surface area (Å²) in [4.78, 5) is 16.6. The summed E-state index contributed by atoms with van der Waals surface area (Å²) in [6, 6.07) is 7.24. The normalized spacial score (nSPS) is 10.9. The van der Waals surface area contributed by atoms with E-state index in [2.05, 4.69) is 10.1 Å². The molecule has 122 valence electrons. The molecule has 0 atom stereocenters. The van der Waals surface area contributed by atoms with Crippen LogP contribution in [0.5, 0.6) is 0 Å². The number of thioether (sulfide) groups is 2. The van der Waals surface area contributed by atoms with Crippen molar-refractivity contribution >= 4 is 29.2 Å². The Labute approximate surface area is 143 Å². The standard InChI is InChI=1S/C15H10F2N4OS2/c1-23-15-9(6-18)14-19-8(5-12(22)21(14)20-15)7-24-11-4-2-3-10(16)13(11)17/h2-5,20H,7H2,1H3. The van der Waals surface area contributed by atoms with E-state index in [9.17, 15) is 18.8 Å². The highest BCUT2D eigenvalue weighted by Gasteiger charge is 2.15. The third kappa shape index (κ3) is 2.90. The summed E-state index contributed by atoms with van der Waals surface area (Å²) in [5, 5.41) is 12.6. The molecule has 2 aromatic heterocycles. The Balaban J connectivity index is 1.97. The van der Waals surface area contributed by atoms with Gasteiger partial charge < -0.3 is 0 Å². The lowest BCUT2D eigenvalue weighted by Crippen LogP contribution is -2.15. The van der Waals surface area contributed by atoms with Crippen molar-refractivity contribution in [2.75, 3.05) is 6.26 Å². The molecule has 0 saturated carbocycles. The van der Waals surface area contributed by atoms with Crippen LogP contribution in [-0.4, -0.2) is 20.9 Å². The van der Waals surface area contributed by atoms with Gasteiger partial charge in [-0.15, -0.1) is 23.5 Å². The molecule has 1 aromatic carbocycles. The summed E-state index contributed by atoms with van der Waals surface area (Å²) in [5.74, 6) is -1.67. The highest BCUT2D eigenvalue weighted by Crippen LogP contribution is 2.27. The average Bonchev–Trinajstić information content (AvgIpc) is 2.94. The topological polar surface area (TPSA) is 73.9 Å². The first-order valence-electron chi connectivity index (χ1n) is 6.70. The zero-order valence-corrected chi connectivity index (χ0v) is 14.0. The Bertz CT molecular complexity index is 1020. The highest BCUT2D eigenvalue weighted by atomic mass is 32.2. The number of H-pyrrole nitrogens is 1. The van der Waals surface area contributed by atoms with Gasteiger partial charge >= 0.3 is 0 Å². The van der Waals surface area contributed by atoms with E-state index in [1.54, 1.807) is 6.26 Å². The van der Waals surface area contributed by atoms with E-state index in [1.807, 2.05) is 6.07 Å². The van der Waals surface area contributed by atoms with E-state index in [1.165, 1.54) is 34.5 Å². The Morgan fingerprint density at radius 2 is 2.21 bits per heavy atom. The molecule has 0 amide bonds. The zero-order chi connectivity index (χ0) is 17.3. The number of rotatable bonds is 4. The minimum atomic E-state index is -0.927. The van der Waals surface area contributed by atoms with E-state index < -0.39 is 11.6 Å². The first kappa shape index (κ1) is 16.5. The molecule has 1 N–H and O–H groups in total. The molecule has 3 aromatic rings. The molecule has 0 aliphatic rings. The summed E-state index contributed by atoms with van der Waals surface area (Å²) >= 11 is 2.33. The summed E-state index contributed by atoms with van der Waals surface area (Å²) < 4.78 is 28.1. The van der Waals surface area contributed by atoms with Crippen LogP contribution in [0.2, 0.25) is 0 Å². The van der Waals surface area contributed by atoms with Crippen LogP contribution in [0.25, 0.3) is 5.65 Å². The SMILES string of the molecule is CSc1[nH]n2c(=O)cc(CSc3cccc(F)c3F)nc2c1C#N. The van der Waals surface area contributed by atoms with Crippen molar-refractivity contribution in [2.45, 2.75) is 15.7 Å². The van der Waals surface area contributed by atoms with Crippen molar-refractivity contribution in [1.29, 1.82) is 5.26 Å². The number of halogens is 2. The lowest BCUT2D eigenvalue weighted by atomic mass is 10.3. The third-order valence-electron chi connectivity index (χ3n) is 3.24. The van der Waals surface area contributed by atoms with Gasteiger partial charge in [0.15, 0.2) is 17.3 Å². The molecule has 0 unspecified atom stereocenters. The van der Waals surface area contributed by atoms with Crippen molar-refractivity contribution in [3.63, 3.8) is 0 Å². The van der Waals surface area contributed by atoms with Gasteiger partial charge in [0.1, 0.15) is 16.7 Å². The maximum Gasteiger partial charge on any atom is 0.272 e. The van der Waals surface area contributed by atoms with Gasteiger partial charge in [0.05, 0.1) is 5.69 Å². The number of benzene rings is 1. The molecule has 9 heteroatoms. The van der Waals surface area contributed by atoms with Crippen LogP contribution in [0.3, 0.4) is 0 Å². The van der Waals surface area contributed by atoms with Crippen LogP contribution in [0, 0.1) is 23.0 Å². The highest BCUT2D eigenvalue weighted by molar-refractivity contribution is 7.98. The second-order valence-electron chi connectivity index (χ2n) is 4.72. The molecule has 0 aliphatic heterocycles. The predicted octanol–water partition coefficient (Wildman–Crippen LogP) is 3.19. The van der Waals surface area contributed by atoms with E-state index in [-0.39, 0.29) is 27.4 Å². The van der Waals surface area contributed by atoms with Crippen molar-refractivity contribution in [3.8, 4) is 6.07 Å². The first-order valence-corrected chi connectivity index (χ1v) is 8.91. The first-order chi connectivity index (χ1) is 11.5. The summed E-state index contributed by atoms with van der Waals surface area (Å²) in [7, 11) is 0. The fraction of sp³-hybridized carbons (Fsp3) is 0.133. The molecule has 0 radical (unpaired) electrons. The zero-order valence-electron chi connectivity index (χ0n) is 12.3. The second kappa shape index (κ2) is 6.67. The predicted molar refractivity (Wildman–Crippen MR) is 88.2 cm³/mol. The van der Waals surface area contributed by atoms with Gasteiger partial charge in [0.25, 0.3) is 5.56 Å². The van der Waals surface area contributed by atoms with Crippen LogP contribution in [0.15, 0.2) is 39.0 Å². The lowest BCUT2D eigenvalue weighted by molar-refractivity contribution is 0.491. The molecule has 0 aliphatic carbocycles. The summed E-state index contributed by atoms with van der Waals surface area (Å²) in [6.07, 6.45) is 1.78. The molecule has 0 spiro atoms. The van der Waals surface area contributed by atoms with Gasteiger partial charge in [-0.25, -0.2) is 13.8 Å². The van der Waals surface area contributed by atoms with Crippen LogP contribution >= 0.6 is 23.5 Å². The Hall–Kier alpha value is -2.31. The summed E-state index contributed by atoms with van der Waals surface area (Å²) in [6.45, 7) is 0. The minimum Gasteiger partial charge on any atom is -0.282 e. The average molecular weight is 364 g/mol. The van der Waals surface area contributed by atoms with E-state index >= 15 is 0 Å². The smallest absolute Gasteiger partial charge is 0.272 e. The van der Waals surface area contributed by atoms with Gasteiger partial charge in [-0.05, 0) is 18.4 Å². The number of hydrogen-bond donors (Lipinski definition) is 1. The molecule has 24 heavy (non-hydrogen) atoms. The number of fused-ring (bicyclic) bond motifs is 1. The largest absolute Gasteiger partial charge is 0.282 e. The molecular formula is C15H10F2N4OS2. The maximum atomic E-state index is 13.7. The monoisotopic (exact) mass is 364 g/mol. The van der Waals surface area contributed by atoms with E-state index in [0.717, 1.165) is 17.8 Å². The van der Waals surface area contributed by atoms with Gasteiger partial charge in [-0.3, -0.25) is 9.89 Å². The number of hydrogen-bond acceptors (Lipinski definition) is 5. The molecule has 2 heterocycles. The molecule has 0 fully saturated rings. The number of aromatic amines is 1. The fourth-order valence-electron chi connectivity index (χ4n) is 2.13. The molecule has 0 bridgehead atoms. The van der Waals surface area contributed by atoms with Crippen molar-refractivity contribution in [2.24, 2.45) is 0 Å². The number of aromatic nitrogens is 3. The van der Waals surface area contributed by atoms with Crippen LogP contribution < -0.4 is 5.56 Å². The maximum absolute atomic E-state index is 13.7. The van der Waals surface area contributed by atoms with Crippen LogP contribution in [-0.2, 0) is 5.75 Å². The van der Waals surface area contributed by atoms with Crippen molar-refractivity contribution in [3.05, 3.63) is 57.5 Å². The summed E-state index contributed by atoms with van der Waals surface area (Å²) in [5.41, 5.74) is 0.525. The third-order valence-corrected chi connectivity index (χ3v) is 5.01. The quantitative estimate of drug-likeness (QED) is 0.720. The Morgan fingerprint density at radius 3 is 2.92 bits per heavy atom. The van der Waals surface area contributed by atoms with Crippen LogP contribution in [0.1, 0.15) is 11.3 Å². The molecule has 5 nitrogen and oxygen atoms in total. The minimum absolute atomic E-state index is 0.136. The van der Waals surface area contributed by atoms with Gasteiger partial charge in [-0.2, -0.15) is 9.78 Å². The van der Waals surface area contributed by atoms with E-state index in [4.69, 9.17) is 0 Å². The van der Waals surface area contributed by atoms with Gasteiger partial charge in [0.2, 0.25) is 0 Å². The number of nitrogens with zero attached hydrogens (tertiary/aromatic N) is 3. The van der Waals surface area contributed by atoms with Crippen LogP contribution in [0.4, 0.5) is 8.78 Å². The fourth-order valence-corrected chi connectivity index (χ4v) is 3.51.